The van der Waals surface area contributed by atoms with Crippen molar-refractivity contribution in [3.63, 3.8) is 0 Å². The number of rotatable bonds is 6. The Morgan fingerprint density at radius 1 is 0.667 bits per heavy atom. The number of carboxylic acid groups (broad SMARTS) is 2. The molecule has 156 valence electrons. The average molecular weight is 672 g/mol. The number of ether oxygens (including phenoxy) is 2. The Kier molecular flexibility index (Phi) is 8.35. The van der Waals surface area contributed by atoms with Crippen molar-refractivity contribution in [3.8, 4) is 11.5 Å². The fraction of sp³-hybridized carbons (Fsp3) is 0. The Morgan fingerprint density at radius 3 is 1.30 bits per heavy atom. The molecule has 8 nitrogen and oxygen atoms in total. The third kappa shape index (κ3) is 6.24. The molecule has 2 aromatic rings. The van der Waals surface area contributed by atoms with E-state index in [9.17, 15) is 29.4 Å². The van der Waals surface area contributed by atoms with Gasteiger partial charge >= 0.3 is 23.9 Å². The highest BCUT2D eigenvalue weighted by Gasteiger charge is 2.20. The molecule has 0 atom stereocenters. The minimum Gasteiger partial charge on any atom is -0.478 e. The summed E-state index contributed by atoms with van der Waals surface area (Å²) in [6.45, 7) is 0. The van der Waals surface area contributed by atoms with E-state index in [0.717, 1.165) is 12.2 Å². The zero-order valence-electron chi connectivity index (χ0n) is 14.3. The van der Waals surface area contributed by atoms with Crippen molar-refractivity contribution < 1.29 is 38.9 Å². The Balaban J connectivity index is 2.19. The van der Waals surface area contributed by atoms with Gasteiger partial charge in [-0.15, -0.1) is 0 Å². The Bertz CT molecular complexity index is 1010. The minimum atomic E-state index is -1.33. The molecule has 0 aliphatic rings. The first kappa shape index (κ1) is 24.3. The monoisotopic (exact) mass is 668 g/mol. The van der Waals surface area contributed by atoms with Crippen LogP contribution in [0.1, 0.15) is 20.7 Å². The van der Waals surface area contributed by atoms with Gasteiger partial charge in [0.25, 0.3) is 0 Å². The standard InChI is InChI=1S/C18H8Br4O8/c19-7-3-9(17(25)26)15(11(21)5-7)29-13(23)1-2-14(24)30-16-10(18(27)28)4-8(20)6-12(16)22/h1-6H,(H,25,26)(H,27,28). The van der Waals surface area contributed by atoms with Crippen LogP contribution in [0, 0.1) is 0 Å². The summed E-state index contributed by atoms with van der Waals surface area (Å²) >= 11 is 12.5. The van der Waals surface area contributed by atoms with E-state index in [1.807, 2.05) is 0 Å². The molecule has 0 saturated heterocycles. The highest BCUT2D eigenvalue weighted by atomic mass is 79.9. The van der Waals surface area contributed by atoms with Crippen LogP contribution in [-0.4, -0.2) is 34.1 Å². The maximum Gasteiger partial charge on any atom is 0.339 e. The number of halogens is 4. The molecule has 2 rings (SSSR count). The molecule has 0 radical (unpaired) electrons. The first-order chi connectivity index (χ1) is 14.0. The van der Waals surface area contributed by atoms with E-state index in [1.165, 1.54) is 24.3 Å². The second kappa shape index (κ2) is 10.3. The second-order valence-electron chi connectivity index (χ2n) is 5.31. The van der Waals surface area contributed by atoms with Crippen molar-refractivity contribution in [2.45, 2.75) is 0 Å². The number of carbonyl (C=O) groups is 4. The van der Waals surface area contributed by atoms with Crippen LogP contribution in [0.25, 0.3) is 0 Å². The molecular formula is C18H8Br4O8. The molecule has 0 saturated carbocycles. The van der Waals surface area contributed by atoms with Crippen molar-refractivity contribution in [1.82, 2.24) is 0 Å². The zero-order valence-corrected chi connectivity index (χ0v) is 20.7. The summed E-state index contributed by atoms with van der Waals surface area (Å²) in [5, 5.41) is 18.5. The van der Waals surface area contributed by atoms with Gasteiger partial charge in [0.2, 0.25) is 0 Å². The first-order valence-electron chi connectivity index (χ1n) is 7.56. The van der Waals surface area contributed by atoms with Crippen LogP contribution in [0.5, 0.6) is 11.5 Å². The Morgan fingerprint density at radius 2 is 1.00 bits per heavy atom. The SMILES string of the molecule is O=C(C=CC(=O)Oc1c(Br)cc(Br)cc1C(=O)O)Oc1c(Br)cc(Br)cc1C(=O)O. The van der Waals surface area contributed by atoms with E-state index >= 15 is 0 Å². The van der Waals surface area contributed by atoms with Crippen LogP contribution in [0.15, 0.2) is 54.3 Å². The van der Waals surface area contributed by atoms with Gasteiger partial charge in [-0.25, -0.2) is 19.2 Å². The fourth-order valence-electron chi connectivity index (χ4n) is 2.05. The molecule has 0 spiro atoms. The third-order valence-corrected chi connectivity index (χ3v) is 5.33. The number of hydrogen-bond donors (Lipinski definition) is 2. The van der Waals surface area contributed by atoms with Gasteiger partial charge in [0.15, 0.2) is 11.5 Å². The van der Waals surface area contributed by atoms with E-state index < -0.39 is 23.9 Å². The maximum atomic E-state index is 12.0. The van der Waals surface area contributed by atoms with E-state index in [-0.39, 0.29) is 31.6 Å². The predicted molar refractivity (Wildman–Crippen MR) is 118 cm³/mol. The van der Waals surface area contributed by atoms with Crippen molar-refractivity contribution >= 4 is 87.6 Å². The van der Waals surface area contributed by atoms with Crippen molar-refractivity contribution in [2.24, 2.45) is 0 Å². The zero-order chi connectivity index (χ0) is 22.6. The molecule has 0 unspecified atom stereocenters. The fourth-order valence-corrected chi connectivity index (χ4v) is 4.66. The highest BCUT2D eigenvalue weighted by Crippen LogP contribution is 2.34. The molecule has 0 aromatic heterocycles. The molecule has 0 amide bonds. The number of carbonyl (C=O) groups excluding carboxylic acids is 2. The maximum absolute atomic E-state index is 12.0. The lowest BCUT2D eigenvalue weighted by Crippen LogP contribution is -2.12. The third-order valence-electron chi connectivity index (χ3n) is 3.24. The van der Waals surface area contributed by atoms with Crippen molar-refractivity contribution in [2.75, 3.05) is 0 Å². The molecular weight excluding hydrogens is 664 g/mol. The van der Waals surface area contributed by atoms with Crippen LogP contribution in [0.2, 0.25) is 0 Å². The Labute approximate surface area is 202 Å². The number of esters is 2. The van der Waals surface area contributed by atoms with Crippen LogP contribution < -0.4 is 9.47 Å². The van der Waals surface area contributed by atoms with Crippen molar-refractivity contribution in [1.29, 1.82) is 0 Å². The summed E-state index contributed by atoms with van der Waals surface area (Å²) in [6.07, 6.45) is 1.44. The lowest BCUT2D eigenvalue weighted by molar-refractivity contribution is -0.131. The number of hydrogen-bond acceptors (Lipinski definition) is 6. The van der Waals surface area contributed by atoms with E-state index in [2.05, 4.69) is 63.7 Å². The molecule has 30 heavy (non-hydrogen) atoms. The molecule has 12 heteroatoms. The van der Waals surface area contributed by atoms with E-state index in [4.69, 9.17) is 9.47 Å². The second-order valence-corrected chi connectivity index (χ2v) is 8.85. The van der Waals surface area contributed by atoms with Gasteiger partial charge in [-0.2, -0.15) is 0 Å². The number of aromatic carboxylic acids is 2. The minimum absolute atomic E-state index is 0.198. The van der Waals surface area contributed by atoms with Gasteiger partial charge in [0.1, 0.15) is 11.1 Å². The summed E-state index contributed by atoms with van der Waals surface area (Å²) in [5.41, 5.74) is -0.573. The molecule has 0 aliphatic carbocycles. The quantitative estimate of drug-likeness (QED) is 0.244. The van der Waals surface area contributed by atoms with Crippen LogP contribution in [0.3, 0.4) is 0 Å². The average Bonchev–Trinajstić information content (AvgIpc) is 2.63. The number of benzene rings is 2. The van der Waals surface area contributed by atoms with Gasteiger partial charge in [-0.1, -0.05) is 31.9 Å². The molecule has 0 aliphatic heterocycles. The van der Waals surface area contributed by atoms with Gasteiger partial charge in [-0.3, -0.25) is 0 Å². The van der Waals surface area contributed by atoms with Gasteiger partial charge < -0.3 is 19.7 Å². The predicted octanol–water partition coefficient (Wildman–Crippen LogP) is 5.20. The first-order valence-corrected chi connectivity index (χ1v) is 10.7. The Hall–Kier alpha value is -2.02. The van der Waals surface area contributed by atoms with E-state index in [1.54, 1.807) is 0 Å². The van der Waals surface area contributed by atoms with Gasteiger partial charge in [0.05, 0.1) is 8.95 Å². The molecule has 0 heterocycles. The van der Waals surface area contributed by atoms with Crippen LogP contribution in [0.4, 0.5) is 0 Å². The summed E-state index contributed by atoms with van der Waals surface area (Å²) in [6, 6.07) is 5.44. The molecule has 0 fully saturated rings. The van der Waals surface area contributed by atoms with Gasteiger partial charge in [-0.05, 0) is 56.1 Å². The summed E-state index contributed by atoms with van der Waals surface area (Å²) in [5.74, 6) is -5.26. The molecule has 2 N–H and O–H groups in total. The van der Waals surface area contributed by atoms with Crippen LogP contribution in [-0.2, 0) is 9.59 Å². The topological polar surface area (TPSA) is 127 Å². The normalized spacial score (nSPS) is 10.7. The summed E-state index contributed by atoms with van der Waals surface area (Å²) in [7, 11) is 0. The summed E-state index contributed by atoms with van der Waals surface area (Å²) < 4.78 is 11.3. The largest absolute Gasteiger partial charge is 0.478 e. The smallest absolute Gasteiger partial charge is 0.339 e. The van der Waals surface area contributed by atoms with Crippen LogP contribution >= 0.6 is 63.7 Å². The highest BCUT2D eigenvalue weighted by molar-refractivity contribution is 9.11. The molecule has 2 aromatic carbocycles. The summed E-state index contributed by atoms with van der Waals surface area (Å²) in [4.78, 5) is 46.7. The van der Waals surface area contributed by atoms with Gasteiger partial charge in [0, 0.05) is 21.1 Å². The number of carboxylic acids is 2. The van der Waals surface area contributed by atoms with Crippen molar-refractivity contribution in [3.05, 3.63) is 65.4 Å². The van der Waals surface area contributed by atoms with E-state index in [0.29, 0.717) is 8.95 Å². The molecule has 0 bridgehead atoms. The lowest BCUT2D eigenvalue weighted by Gasteiger charge is -2.09. The lowest BCUT2D eigenvalue weighted by atomic mass is 10.2.